The predicted molar refractivity (Wildman–Crippen MR) is 117 cm³/mol. The van der Waals surface area contributed by atoms with E-state index in [1.54, 1.807) is 61.5 Å². The SMILES string of the molecule is CC(OO)c1ccc(C(=O)Oc2ccc(C=CC(=O)c3ccc(C(=O)O)cc3)cc2)cc1. The van der Waals surface area contributed by atoms with E-state index in [1.165, 1.54) is 30.3 Å². The van der Waals surface area contributed by atoms with Gasteiger partial charge in [-0.3, -0.25) is 10.1 Å². The standard InChI is InChI=1S/C25H20O7/c1-16(32-30)18-5-11-21(12-6-18)25(29)31-22-13-2-17(3-14-22)4-15-23(26)19-7-9-20(10-8-19)24(27)28/h2-16,30H,1H3,(H,27,28). The lowest BCUT2D eigenvalue weighted by Gasteiger charge is -2.09. The molecule has 162 valence electrons. The summed E-state index contributed by atoms with van der Waals surface area (Å²) in [5.41, 5.74) is 2.28. The third-order valence-corrected chi connectivity index (χ3v) is 4.71. The van der Waals surface area contributed by atoms with Crippen molar-refractivity contribution < 1.29 is 34.4 Å². The van der Waals surface area contributed by atoms with E-state index in [1.807, 2.05) is 0 Å². The average Bonchev–Trinajstić information content (AvgIpc) is 2.83. The molecular weight excluding hydrogens is 412 g/mol. The first kappa shape index (κ1) is 22.6. The quantitative estimate of drug-likeness (QED) is 0.128. The van der Waals surface area contributed by atoms with E-state index in [4.69, 9.17) is 15.1 Å². The number of carboxylic acids is 1. The van der Waals surface area contributed by atoms with Crippen molar-refractivity contribution in [2.45, 2.75) is 13.0 Å². The van der Waals surface area contributed by atoms with Gasteiger partial charge in [0, 0.05) is 5.56 Å². The molecule has 2 N–H and O–H groups in total. The number of allylic oxidation sites excluding steroid dienone is 1. The predicted octanol–water partition coefficient (Wildman–Crippen LogP) is 5.05. The van der Waals surface area contributed by atoms with Gasteiger partial charge in [0.05, 0.1) is 11.1 Å². The first-order valence-corrected chi connectivity index (χ1v) is 9.65. The van der Waals surface area contributed by atoms with Gasteiger partial charge in [0.15, 0.2) is 5.78 Å². The fourth-order valence-electron chi connectivity index (χ4n) is 2.81. The highest BCUT2D eigenvalue weighted by atomic mass is 17.1. The number of esters is 1. The van der Waals surface area contributed by atoms with Gasteiger partial charge < -0.3 is 9.84 Å². The topological polar surface area (TPSA) is 110 Å². The van der Waals surface area contributed by atoms with E-state index in [0.717, 1.165) is 5.56 Å². The summed E-state index contributed by atoms with van der Waals surface area (Å²) < 4.78 is 5.35. The summed E-state index contributed by atoms with van der Waals surface area (Å²) in [5.74, 6) is -1.50. The Bertz CT molecular complexity index is 1130. The molecule has 0 aromatic heterocycles. The van der Waals surface area contributed by atoms with Gasteiger partial charge in [-0.2, -0.15) is 0 Å². The fraction of sp³-hybridized carbons (Fsp3) is 0.0800. The normalized spacial score (nSPS) is 11.8. The minimum absolute atomic E-state index is 0.111. The summed E-state index contributed by atoms with van der Waals surface area (Å²) in [6, 6.07) is 18.8. The van der Waals surface area contributed by atoms with Crippen LogP contribution in [0, 0.1) is 0 Å². The van der Waals surface area contributed by atoms with Crippen LogP contribution >= 0.6 is 0 Å². The second-order valence-electron chi connectivity index (χ2n) is 6.91. The summed E-state index contributed by atoms with van der Waals surface area (Å²) in [4.78, 5) is 39.6. The van der Waals surface area contributed by atoms with Gasteiger partial charge in [-0.15, -0.1) is 0 Å². The van der Waals surface area contributed by atoms with E-state index < -0.39 is 18.0 Å². The molecule has 3 aromatic carbocycles. The Morgan fingerprint density at radius 3 is 1.94 bits per heavy atom. The molecule has 0 spiro atoms. The van der Waals surface area contributed by atoms with E-state index in [9.17, 15) is 14.4 Å². The molecule has 3 rings (SSSR count). The summed E-state index contributed by atoms with van der Waals surface area (Å²) in [7, 11) is 0. The zero-order chi connectivity index (χ0) is 23.1. The smallest absolute Gasteiger partial charge is 0.343 e. The number of ether oxygens (including phenoxy) is 1. The fourth-order valence-corrected chi connectivity index (χ4v) is 2.81. The third-order valence-electron chi connectivity index (χ3n) is 4.71. The van der Waals surface area contributed by atoms with Crippen molar-refractivity contribution in [3.05, 3.63) is 107 Å². The maximum absolute atomic E-state index is 12.3. The Morgan fingerprint density at radius 2 is 1.38 bits per heavy atom. The van der Waals surface area contributed by atoms with Crippen molar-refractivity contribution >= 4 is 23.8 Å². The minimum atomic E-state index is -1.05. The number of aromatic carboxylic acids is 1. The number of carbonyl (C=O) groups excluding carboxylic acids is 2. The summed E-state index contributed by atoms with van der Waals surface area (Å²) >= 11 is 0. The number of hydrogen-bond acceptors (Lipinski definition) is 6. The van der Waals surface area contributed by atoms with Crippen LogP contribution < -0.4 is 4.74 Å². The molecule has 0 saturated heterocycles. The van der Waals surface area contributed by atoms with E-state index in [2.05, 4.69) is 4.89 Å². The number of carboxylic acid groups (broad SMARTS) is 1. The van der Waals surface area contributed by atoms with Crippen molar-refractivity contribution in [3.8, 4) is 5.75 Å². The van der Waals surface area contributed by atoms with Gasteiger partial charge in [-0.05, 0) is 60.5 Å². The number of hydrogen-bond donors (Lipinski definition) is 2. The lowest BCUT2D eigenvalue weighted by Crippen LogP contribution is -2.08. The number of benzene rings is 3. The molecule has 0 aliphatic carbocycles. The average molecular weight is 432 g/mol. The Balaban J connectivity index is 1.60. The van der Waals surface area contributed by atoms with E-state index >= 15 is 0 Å². The maximum Gasteiger partial charge on any atom is 0.343 e. The van der Waals surface area contributed by atoms with Crippen LogP contribution in [0.3, 0.4) is 0 Å². The van der Waals surface area contributed by atoms with E-state index in [0.29, 0.717) is 22.4 Å². The molecule has 0 saturated carbocycles. The van der Waals surface area contributed by atoms with Crippen molar-refractivity contribution in [2.24, 2.45) is 0 Å². The number of ketones is 1. The molecule has 32 heavy (non-hydrogen) atoms. The van der Waals surface area contributed by atoms with Crippen LogP contribution in [0.15, 0.2) is 78.9 Å². The molecule has 0 bridgehead atoms. The Kier molecular flexibility index (Phi) is 7.28. The summed E-state index contributed by atoms with van der Waals surface area (Å²) in [6.45, 7) is 1.67. The van der Waals surface area contributed by atoms with Gasteiger partial charge in [0.25, 0.3) is 0 Å². The van der Waals surface area contributed by atoms with Crippen LogP contribution in [0.4, 0.5) is 0 Å². The first-order valence-electron chi connectivity index (χ1n) is 9.65. The van der Waals surface area contributed by atoms with Crippen LogP contribution in [-0.2, 0) is 4.89 Å². The van der Waals surface area contributed by atoms with Gasteiger partial charge in [0.1, 0.15) is 11.9 Å². The lowest BCUT2D eigenvalue weighted by molar-refractivity contribution is -0.277. The van der Waals surface area contributed by atoms with Gasteiger partial charge in [-0.1, -0.05) is 42.5 Å². The Labute approximate surface area is 184 Å². The molecule has 0 amide bonds. The maximum atomic E-state index is 12.3. The van der Waals surface area contributed by atoms with Crippen LogP contribution in [0.2, 0.25) is 0 Å². The largest absolute Gasteiger partial charge is 0.478 e. The van der Waals surface area contributed by atoms with Crippen molar-refractivity contribution in [2.75, 3.05) is 0 Å². The van der Waals surface area contributed by atoms with Gasteiger partial charge >= 0.3 is 11.9 Å². The molecule has 1 atom stereocenters. The second-order valence-corrected chi connectivity index (χ2v) is 6.91. The molecule has 7 heteroatoms. The molecule has 0 heterocycles. The lowest BCUT2D eigenvalue weighted by atomic mass is 10.1. The number of carbonyl (C=O) groups is 3. The van der Waals surface area contributed by atoms with Crippen LogP contribution in [0.25, 0.3) is 6.08 Å². The summed E-state index contributed by atoms with van der Waals surface area (Å²) in [6.07, 6.45) is 2.49. The zero-order valence-corrected chi connectivity index (χ0v) is 17.1. The zero-order valence-electron chi connectivity index (χ0n) is 17.1. The highest BCUT2D eigenvalue weighted by Crippen LogP contribution is 2.19. The Morgan fingerprint density at radius 1 is 0.812 bits per heavy atom. The Hall–Kier alpha value is -4.07. The third kappa shape index (κ3) is 5.75. The molecule has 0 fully saturated rings. The van der Waals surface area contributed by atoms with Gasteiger partial charge in [0.2, 0.25) is 0 Å². The van der Waals surface area contributed by atoms with Crippen molar-refractivity contribution in [3.63, 3.8) is 0 Å². The van der Waals surface area contributed by atoms with Crippen LogP contribution in [0.5, 0.6) is 5.75 Å². The highest BCUT2D eigenvalue weighted by molar-refractivity contribution is 6.07. The second kappa shape index (κ2) is 10.3. The summed E-state index contributed by atoms with van der Waals surface area (Å²) in [5, 5.41) is 17.6. The van der Waals surface area contributed by atoms with Crippen molar-refractivity contribution in [1.82, 2.24) is 0 Å². The first-order chi connectivity index (χ1) is 15.4. The van der Waals surface area contributed by atoms with E-state index in [-0.39, 0.29) is 11.3 Å². The molecular formula is C25H20O7. The number of rotatable bonds is 8. The van der Waals surface area contributed by atoms with Crippen LogP contribution in [-0.4, -0.2) is 28.1 Å². The minimum Gasteiger partial charge on any atom is -0.478 e. The van der Waals surface area contributed by atoms with Gasteiger partial charge in [-0.25, -0.2) is 14.5 Å². The molecule has 0 aliphatic rings. The molecule has 7 nitrogen and oxygen atoms in total. The molecule has 0 radical (unpaired) electrons. The van der Waals surface area contributed by atoms with Crippen molar-refractivity contribution in [1.29, 1.82) is 0 Å². The highest BCUT2D eigenvalue weighted by Gasteiger charge is 2.11. The molecule has 3 aromatic rings. The van der Waals surface area contributed by atoms with Crippen LogP contribution in [0.1, 0.15) is 55.2 Å². The monoisotopic (exact) mass is 432 g/mol. The molecule has 0 aliphatic heterocycles. The molecule has 1 unspecified atom stereocenters.